The lowest BCUT2D eigenvalue weighted by molar-refractivity contribution is -0.141. The molecule has 1 saturated heterocycles. The van der Waals surface area contributed by atoms with Crippen LogP contribution in [0.5, 0.6) is 0 Å². The van der Waals surface area contributed by atoms with Gasteiger partial charge in [0.15, 0.2) is 5.69 Å². The van der Waals surface area contributed by atoms with Crippen LogP contribution in [0.25, 0.3) is 0 Å². The van der Waals surface area contributed by atoms with Crippen molar-refractivity contribution in [1.29, 1.82) is 5.26 Å². The largest absolute Gasteiger partial charge is 0.434 e. The van der Waals surface area contributed by atoms with E-state index in [1.807, 2.05) is 0 Å². The average molecular weight is 398 g/mol. The lowest BCUT2D eigenvalue weighted by Gasteiger charge is -2.28. The first kappa shape index (κ1) is 20.1. The van der Waals surface area contributed by atoms with E-state index in [1.165, 1.54) is 14.4 Å². The average Bonchev–Trinajstić information content (AvgIpc) is 3.30. The van der Waals surface area contributed by atoms with Crippen LogP contribution in [0.1, 0.15) is 37.2 Å². The van der Waals surface area contributed by atoms with Crippen molar-refractivity contribution in [3.63, 3.8) is 0 Å². The second-order valence-corrected chi connectivity index (χ2v) is 7.01. The molecule has 2 aliphatic rings. The third-order valence-corrected chi connectivity index (χ3v) is 5.12. The molecule has 2 aliphatic heterocycles. The van der Waals surface area contributed by atoms with E-state index in [1.54, 1.807) is 0 Å². The molecule has 1 aromatic rings. The van der Waals surface area contributed by atoms with Crippen LogP contribution >= 0.6 is 0 Å². The van der Waals surface area contributed by atoms with E-state index in [4.69, 9.17) is 11.0 Å². The van der Waals surface area contributed by atoms with Crippen molar-refractivity contribution in [3.05, 3.63) is 17.7 Å². The van der Waals surface area contributed by atoms with Gasteiger partial charge in [-0.2, -0.15) is 18.4 Å². The van der Waals surface area contributed by atoms with Crippen LogP contribution in [0.15, 0.2) is 6.20 Å². The number of imidazole rings is 1. The summed E-state index contributed by atoms with van der Waals surface area (Å²) < 4.78 is 39.7. The fourth-order valence-electron chi connectivity index (χ4n) is 3.54. The third kappa shape index (κ3) is 4.11. The number of alkyl halides is 3. The third-order valence-electron chi connectivity index (χ3n) is 5.12. The van der Waals surface area contributed by atoms with E-state index >= 15 is 0 Å². The number of nitrogens with zero attached hydrogens (tertiary/aromatic N) is 5. The van der Waals surface area contributed by atoms with Crippen LogP contribution in [0, 0.1) is 11.3 Å². The molecule has 2 N–H and O–H groups in total. The highest BCUT2D eigenvalue weighted by atomic mass is 19.4. The Morgan fingerprint density at radius 1 is 1.36 bits per heavy atom. The highest BCUT2D eigenvalue weighted by Gasteiger charge is 2.36. The summed E-state index contributed by atoms with van der Waals surface area (Å²) in [6.45, 7) is 0.966. The predicted molar refractivity (Wildman–Crippen MR) is 90.2 cm³/mol. The van der Waals surface area contributed by atoms with Gasteiger partial charge in [-0.1, -0.05) is 0 Å². The highest BCUT2D eigenvalue weighted by Crippen LogP contribution is 2.29. The summed E-state index contributed by atoms with van der Waals surface area (Å²) >= 11 is 0. The van der Waals surface area contributed by atoms with Crippen molar-refractivity contribution in [3.8, 4) is 6.07 Å². The Labute approximate surface area is 159 Å². The molecule has 0 bridgehead atoms. The molecule has 28 heavy (non-hydrogen) atoms. The lowest BCUT2D eigenvalue weighted by Crippen LogP contribution is -2.46. The van der Waals surface area contributed by atoms with Gasteiger partial charge in [-0.05, 0) is 19.3 Å². The zero-order valence-electron chi connectivity index (χ0n) is 15.2. The van der Waals surface area contributed by atoms with Crippen molar-refractivity contribution in [1.82, 2.24) is 19.4 Å². The zero-order chi connectivity index (χ0) is 20.5. The minimum atomic E-state index is -4.52. The molecular formula is C17H21F3N6O2. The quantitative estimate of drug-likeness (QED) is 0.810. The zero-order valence-corrected chi connectivity index (χ0v) is 15.2. The summed E-state index contributed by atoms with van der Waals surface area (Å²) in [5.41, 5.74) is 4.94. The molecule has 1 fully saturated rings. The molecule has 0 saturated carbocycles. The smallest absolute Gasteiger partial charge is 0.333 e. The summed E-state index contributed by atoms with van der Waals surface area (Å²) in [5.74, 6) is -0.452. The van der Waals surface area contributed by atoms with Crippen LogP contribution in [-0.2, 0) is 28.9 Å². The maximum Gasteiger partial charge on any atom is 0.434 e. The maximum absolute atomic E-state index is 12.8. The number of rotatable bonds is 4. The highest BCUT2D eigenvalue weighted by molar-refractivity contribution is 5.84. The minimum Gasteiger partial charge on any atom is -0.333 e. The number of hydrogen-bond donors (Lipinski definition) is 1. The molecule has 11 heteroatoms. The molecule has 0 radical (unpaired) electrons. The first-order valence-corrected chi connectivity index (χ1v) is 9.07. The first-order valence-electron chi connectivity index (χ1n) is 9.07. The molecule has 0 aliphatic carbocycles. The molecule has 0 unspecified atom stereocenters. The van der Waals surface area contributed by atoms with Crippen LogP contribution in [-0.4, -0.2) is 56.3 Å². The summed E-state index contributed by atoms with van der Waals surface area (Å²) in [6, 6.07) is 0.712. The van der Waals surface area contributed by atoms with Gasteiger partial charge in [0.2, 0.25) is 11.8 Å². The monoisotopic (exact) mass is 398 g/mol. The van der Waals surface area contributed by atoms with Crippen molar-refractivity contribution in [2.24, 2.45) is 5.73 Å². The second kappa shape index (κ2) is 7.79. The van der Waals surface area contributed by atoms with Crippen LogP contribution in [0.3, 0.4) is 0 Å². The SMILES string of the molecule is N#C[C@@H]1CCCN1C(=O)[C@@H](N)CCC(=O)N1CCn2cc(C(F)(F)F)nc2C1. The molecule has 0 spiro atoms. The molecule has 3 heterocycles. The Kier molecular flexibility index (Phi) is 5.60. The van der Waals surface area contributed by atoms with Gasteiger partial charge >= 0.3 is 6.18 Å². The summed E-state index contributed by atoms with van der Waals surface area (Å²) in [7, 11) is 0. The lowest BCUT2D eigenvalue weighted by atomic mass is 10.1. The van der Waals surface area contributed by atoms with E-state index in [0.717, 1.165) is 12.6 Å². The molecule has 0 aromatic carbocycles. The van der Waals surface area contributed by atoms with Gasteiger partial charge in [0.05, 0.1) is 18.7 Å². The van der Waals surface area contributed by atoms with E-state index in [-0.39, 0.29) is 50.1 Å². The van der Waals surface area contributed by atoms with Crippen molar-refractivity contribution >= 4 is 11.8 Å². The molecule has 8 nitrogen and oxygen atoms in total. The van der Waals surface area contributed by atoms with E-state index in [9.17, 15) is 22.8 Å². The van der Waals surface area contributed by atoms with E-state index < -0.39 is 24.0 Å². The number of halogens is 3. The number of hydrogen-bond acceptors (Lipinski definition) is 5. The van der Waals surface area contributed by atoms with E-state index in [2.05, 4.69) is 11.1 Å². The number of nitriles is 1. The Balaban J connectivity index is 1.53. The molecule has 1 aromatic heterocycles. The summed E-state index contributed by atoms with van der Waals surface area (Å²) in [5, 5.41) is 9.06. The van der Waals surface area contributed by atoms with Gasteiger partial charge in [0.25, 0.3) is 0 Å². The van der Waals surface area contributed by atoms with Gasteiger partial charge in [-0.15, -0.1) is 0 Å². The summed E-state index contributed by atoms with van der Waals surface area (Å²) in [4.78, 5) is 31.2. The number of likely N-dealkylation sites (tertiary alicyclic amines) is 1. The molecule has 2 atom stereocenters. The van der Waals surface area contributed by atoms with Crippen LogP contribution < -0.4 is 5.73 Å². The topological polar surface area (TPSA) is 108 Å². The minimum absolute atomic E-state index is 0.00477. The predicted octanol–water partition coefficient (Wildman–Crippen LogP) is 0.866. The number of nitrogens with two attached hydrogens (primary N) is 1. The van der Waals surface area contributed by atoms with Gasteiger partial charge in [0.1, 0.15) is 11.9 Å². The van der Waals surface area contributed by atoms with Crippen molar-refractivity contribution < 1.29 is 22.8 Å². The van der Waals surface area contributed by atoms with Gasteiger partial charge in [-0.3, -0.25) is 9.59 Å². The Morgan fingerprint density at radius 2 is 2.11 bits per heavy atom. The Morgan fingerprint density at radius 3 is 2.79 bits per heavy atom. The van der Waals surface area contributed by atoms with Gasteiger partial charge in [0, 0.05) is 32.3 Å². The Bertz CT molecular complexity index is 800. The molecule has 152 valence electrons. The molecular weight excluding hydrogens is 377 g/mol. The fourth-order valence-corrected chi connectivity index (χ4v) is 3.54. The number of carbonyl (C=O) groups is 2. The molecule has 3 rings (SSSR count). The van der Waals surface area contributed by atoms with Crippen molar-refractivity contribution in [2.45, 2.75) is 57.0 Å². The fraction of sp³-hybridized carbons (Fsp3) is 0.647. The maximum atomic E-state index is 12.8. The van der Waals surface area contributed by atoms with Gasteiger partial charge in [-0.25, -0.2) is 4.98 Å². The number of aromatic nitrogens is 2. The normalized spacial score (nSPS) is 20.6. The molecule has 2 amide bonds. The second-order valence-electron chi connectivity index (χ2n) is 7.01. The Hall–Kier alpha value is -2.61. The summed E-state index contributed by atoms with van der Waals surface area (Å²) in [6.07, 6.45) is -2.09. The van der Waals surface area contributed by atoms with Gasteiger partial charge < -0.3 is 20.1 Å². The van der Waals surface area contributed by atoms with Crippen LogP contribution in [0.4, 0.5) is 13.2 Å². The number of fused-ring (bicyclic) bond motifs is 1. The number of carbonyl (C=O) groups excluding carboxylic acids is 2. The first-order chi connectivity index (χ1) is 13.2. The van der Waals surface area contributed by atoms with E-state index in [0.29, 0.717) is 13.0 Å². The standard InChI is InChI=1S/C17H21F3N6O2/c18-17(19,20)13-9-24-6-7-25(10-14(24)23-13)15(27)4-3-12(22)16(28)26-5-1-2-11(26)8-21/h9,11-12H,1-7,10,22H2/t11-,12-/m0/s1. The number of amides is 2. The van der Waals surface area contributed by atoms with Crippen LogP contribution in [0.2, 0.25) is 0 Å². The van der Waals surface area contributed by atoms with Crippen molar-refractivity contribution in [2.75, 3.05) is 13.1 Å².